The zero-order valence-corrected chi connectivity index (χ0v) is 41.2. The number of hydrogen-bond acceptors (Lipinski definition) is 8. The molecule has 1 aliphatic rings. The van der Waals surface area contributed by atoms with Crippen LogP contribution in [-0.4, -0.2) is 5.78 Å². The number of anilines is 3. The SMILES string of the molecule is CCCCCCc1cc(/C=C2\C(=O)c3ccccc3C2=C(C#N)C#N)sc1-c1ccc(-c2ccc(-c3sc(-c4ccc(N(c5ccccc5)c5ccccc5)cc4)cc3CCCCCC)s2)s1. The number of aryl methyl sites for hydroxylation is 2. The van der Waals surface area contributed by atoms with E-state index >= 15 is 0 Å². The van der Waals surface area contributed by atoms with Crippen molar-refractivity contribution in [3.8, 4) is 51.8 Å². The van der Waals surface area contributed by atoms with Crippen LogP contribution in [-0.2, 0) is 12.8 Å². The lowest BCUT2D eigenvalue weighted by Crippen LogP contribution is -2.09. The second-order valence-corrected chi connectivity index (χ2v) is 21.2. The molecule has 0 saturated heterocycles. The molecule has 0 saturated carbocycles. The Kier molecular flexibility index (Phi) is 14.7. The molecule has 0 spiro atoms. The lowest BCUT2D eigenvalue weighted by molar-refractivity contribution is 0.104. The van der Waals surface area contributed by atoms with Gasteiger partial charge in [-0.2, -0.15) is 10.5 Å². The summed E-state index contributed by atoms with van der Waals surface area (Å²) in [4.78, 5) is 26.0. The van der Waals surface area contributed by atoms with E-state index in [0.717, 1.165) is 41.2 Å². The number of nitriles is 2. The summed E-state index contributed by atoms with van der Waals surface area (Å²) in [6.07, 6.45) is 13.5. The Balaban J connectivity index is 1.02. The topological polar surface area (TPSA) is 67.9 Å². The third kappa shape index (κ3) is 10.0. The maximum absolute atomic E-state index is 13.8. The van der Waals surface area contributed by atoms with Gasteiger partial charge in [-0.25, -0.2) is 0 Å². The Morgan fingerprint density at radius 3 is 1.60 bits per heavy atom. The third-order valence-electron chi connectivity index (χ3n) is 12.3. The molecule has 4 nitrogen and oxygen atoms in total. The minimum absolute atomic E-state index is 0.0366. The minimum atomic E-state index is -0.145. The monoisotopic (exact) mass is 945 g/mol. The first-order valence-electron chi connectivity index (χ1n) is 23.3. The summed E-state index contributed by atoms with van der Waals surface area (Å²) in [6.45, 7) is 4.51. The number of carbonyl (C=O) groups is 1. The number of fused-ring (bicyclic) bond motifs is 1. The van der Waals surface area contributed by atoms with Crippen molar-refractivity contribution in [2.24, 2.45) is 0 Å². The normalized spacial score (nSPS) is 12.6. The van der Waals surface area contributed by atoms with Gasteiger partial charge in [-0.05, 0) is 127 Å². The van der Waals surface area contributed by atoms with Gasteiger partial charge in [0.15, 0.2) is 5.78 Å². The van der Waals surface area contributed by atoms with Gasteiger partial charge >= 0.3 is 0 Å². The maximum Gasteiger partial charge on any atom is 0.194 e. The lowest BCUT2D eigenvalue weighted by atomic mass is 9.99. The molecule has 0 amide bonds. The molecule has 8 heteroatoms. The number of para-hydroxylation sites is 2. The predicted molar refractivity (Wildman–Crippen MR) is 287 cm³/mol. The molecule has 9 rings (SSSR count). The summed E-state index contributed by atoms with van der Waals surface area (Å²) in [5.74, 6) is -0.145. The Morgan fingerprint density at radius 1 is 0.522 bits per heavy atom. The summed E-state index contributed by atoms with van der Waals surface area (Å²) in [5.41, 5.74) is 9.33. The molecule has 4 aromatic heterocycles. The van der Waals surface area contributed by atoms with Gasteiger partial charge in [0, 0.05) is 72.8 Å². The Hall–Kier alpha value is -6.39. The number of ketones is 1. The fraction of sp³-hybridized carbons (Fsp3) is 0.203. The highest BCUT2D eigenvalue weighted by Crippen LogP contribution is 2.48. The van der Waals surface area contributed by atoms with Gasteiger partial charge in [0.2, 0.25) is 0 Å². The quantitative estimate of drug-likeness (QED) is 0.0488. The molecule has 0 radical (unpaired) electrons. The number of rotatable bonds is 18. The number of benzene rings is 4. The molecule has 0 N–H and O–H groups in total. The number of thiophene rings is 4. The molecule has 0 atom stereocenters. The van der Waals surface area contributed by atoms with Crippen LogP contribution in [0.5, 0.6) is 0 Å². The van der Waals surface area contributed by atoms with Gasteiger partial charge in [0.05, 0.1) is 0 Å². The minimum Gasteiger partial charge on any atom is -0.311 e. The lowest BCUT2D eigenvalue weighted by Gasteiger charge is -2.25. The Morgan fingerprint density at radius 2 is 1.03 bits per heavy atom. The van der Waals surface area contributed by atoms with Crippen molar-refractivity contribution in [1.82, 2.24) is 0 Å². The summed E-state index contributed by atoms with van der Waals surface area (Å²) < 4.78 is 0. The number of unbranched alkanes of at least 4 members (excludes halogenated alkanes) is 6. The van der Waals surface area contributed by atoms with Crippen LogP contribution in [0.1, 0.15) is 97.1 Å². The first-order chi connectivity index (χ1) is 33.0. The van der Waals surface area contributed by atoms with Crippen molar-refractivity contribution < 1.29 is 4.79 Å². The van der Waals surface area contributed by atoms with Crippen molar-refractivity contribution in [2.45, 2.75) is 78.1 Å². The zero-order chi connectivity index (χ0) is 46.1. The van der Waals surface area contributed by atoms with Crippen LogP contribution >= 0.6 is 45.3 Å². The van der Waals surface area contributed by atoms with Crippen LogP contribution in [0.4, 0.5) is 17.1 Å². The number of Topliss-reactive ketones (excluding diaryl/α,β-unsaturated/α-hetero) is 1. The largest absolute Gasteiger partial charge is 0.311 e. The van der Waals surface area contributed by atoms with E-state index < -0.39 is 0 Å². The fourth-order valence-electron chi connectivity index (χ4n) is 8.91. The van der Waals surface area contributed by atoms with E-state index in [4.69, 9.17) is 0 Å². The van der Waals surface area contributed by atoms with Gasteiger partial charge < -0.3 is 4.90 Å². The van der Waals surface area contributed by atoms with Gasteiger partial charge in [-0.3, -0.25) is 4.79 Å². The van der Waals surface area contributed by atoms with Crippen molar-refractivity contribution in [1.29, 1.82) is 10.5 Å². The second-order valence-electron chi connectivity index (χ2n) is 16.9. The summed E-state index contributed by atoms with van der Waals surface area (Å²) in [5, 5.41) is 19.8. The molecule has 0 fully saturated rings. The van der Waals surface area contributed by atoms with E-state index in [-0.39, 0.29) is 11.4 Å². The number of nitrogens with zero attached hydrogens (tertiary/aromatic N) is 3. The Labute approximate surface area is 411 Å². The van der Waals surface area contributed by atoms with E-state index in [9.17, 15) is 15.3 Å². The summed E-state index contributed by atoms with van der Waals surface area (Å²) >= 11 is 7.31. The summed E-state index contributed by atoms with van der Waals surface area (Å²) in [7, 11) is 0. The molecule has 8 aromatic rings. The first-order valence-corrected chi connectivity index (χ1v) is 26.6. The standard InChI is InChI=1S/C59H51N3OS4/c1-3-5-7-11-19-41-35-47(37-50-56(43(38-60)39-61)48-25-17-18-26-49(48)57(50)63)64-58(41)53-33-31-51(65-53)52-32-34-54(66-52)59-42(20-12-8-6-4-2)36-55(67-59)40-27-29-46(30-28-40)62(44-21-13-9-14-22-44)45-23-15-10-16-24-45/h9-10,13-18,21-37H,3-8,11-12,19-20H2,1-2H3/b50-37-. The molecule has 4 aromatic carbocycles. The fourth-order valence-corrected chi connectivity index (χ4v) is 13.7. The van der Waals surface area contributed by atoms with Crippen LogP contribution in [0.3, 0.4) is 0 Å². The van der Waals surface area contributed by atoms with Crippen molar-refractivity contribution in [2.75, 3.05) is 4.90 Å². The van der Waals surface area contributed by atoms with Gasteiger partial charge in [-0.1, -0.05) is 125 Å². The van der Waals surface area contributed by atoms with E-state index in [1.54, 1.807) is 17.4 Å². The average molecular weight is 946 g/mol. The zero-order valence-electron chi connectivity index (χ0n) is 37.9. The van der Waals surface area contributed by atoms with Crippen LogP contribution in [0.15, 0.2) is 157 Å². The molecular formula is C59H51N3OS4. The van der Waals surface area contributed by atoms with E-state index in [1.807, 2.05) is 58.3 Å². The van der Waals surface area contributed by atoms with Crippen LogP contribution in [0.2, 0.25) is 0 Å². The van der Waals surface area contributed by atoms with Crippen molar-refractivity contribution in [3.63, 3.8) is 0 Å². The van der Waals surface area contributed by atoms with Gasteiger partial charge in [-0.15, -0.1) is 45.3 Å². The molecular weight excluding hydrogens is 895 g/mol. The smallest absolute Gasteiger partial charge is 0.194 e. The van der Waals surface area contributed by atoms with Crippen LogP contribution in [0, 0.1) is 22.7 Å². The van der Waals surface area contributed by atoms with E-state index in [2.05, 4.69) is 152 Å². The Bertz CT molecular complexity index is 3090. The van der Waals surface area contributed by atoms with Crippen LogP contribution in [0.25, 0.3) is 51.4 Å². The molecule has 1 aliphatic carbocycles. The number of allylic oxidation sites excluding steroid dienone is 3. The van der Waals surface area contributed by atoms with Crippen LogP contribution < -0.4 is 4.90 Å². The highest BCUT2D eigenvalue weighted by molar-refractivity contribution is 7.29. The molecule has 67 heavy (non-hydrogen) atoms. The average Bonchev–Trinajstić information content (AvgIpc) is 4.23. The van der Waals surface area contributed by atoms with Crippen molar-refractivity contribution >= 4 is 79.8 Å². The molecule has 0 aliphatic heterocycles. The van der Waals surface area contributed by atoms with Gasteiger partial charge in [0.25, 0.3) is 0 Å². The van der Waals surface area contributed by atoms with Gasteiger partial charge in [0.1, 0.15) is 17.7 Å². The summed E-state index contributed by atoms with van der Waals surface area (Å²) in [6, 6.07) is 55.4. The molecule has 332 valence electrons. The third-order valence-corrected chi connectivity index (χ3v) is 17.4. The number of hydrogen-bond donors (Lipinski definition) is 0. The molecule has 0 bridgehead atoms. The maximum atomic E-state index is 13.8. The van der Waals surface area contributed by atoms with E-state index in [1.165, 1.54) is 95.8 Å². The molecule has 0 unspecified atom stereocenters. The highest BCUT2D eigenvalue weighted by atomic mass is 32.1. The number of carbonyl (C=O) groups excluding carboxylic acids is 1. The van der Waals surface area contributed by atoms with E-state index in [0.29, 0.717) is 22.3 Å². The predicted octanol–water partition coefficient (Wildman–Crippen LogP) is 18.4. The first kappa shape index (κ1) is 45.8. The van der Waals surface area contributed by atoms with Crippen molar-refractivity contribution in [3.05, 3.63) is 184 Å². The highest BCUT2D eigenvalue weighted by Gasteiger charge is 2.32. The second kappa shape index (κ2) is 21.5. The molecule has 4 heterocycles.